The smallest absolute Gasteiger partial charge is 0.347 e. The summed E-state index contributed by atoms with van der Waals surface area (Å²) < 4.78 is 11.2. The second-order valence-electron chi connectivity index (χ2n) is 9.26. The summed E-state index contributed by atoms with van der Waals surface area (Å²) in [6.45, 7) is 10.5. The van der Waals surface area contributed by atoms with E-state index >= 15 is 0 Å². The first kappa shape index (κ1) is 26.3. The first-order valence-electron chi connectivity index (χ1n) is 12.0. The number of unbranched alkanes of at least 4 members (excludes halogenated alkanes) is 9. The van der Waals surface area contributed by atoms with Gasteiger partial charge in [-0.15, -0.1) is 0 Å². The third kappa shape index (κ3) is 10.4. The van der Waals surface area contributed by atoms with Crippen LogP contribution in [0.3, 0.4) is 0 Å². The van der Waals surface area contributed by atoms with Crippen LogP contribution in [0.2, 0.25) is 0 Å². The molecule has 0 aliphatic carbocycles. The van der Waals surface area contributed by atoms with Crippen molar-refractivity contribution < 1.29 is 19.4 Å². The number of hydrogen-bond acceptors (Lipinski definition) is 4. The summed E-state index contributed by atoms with van der Waals surface area (Å²) in [6.07, 6.45) is 12.6. The van der Waals surface area contributed by atoms with Gasteiger partial charge in [-0.3, -0.25) is 0 Å². The summed E-state index contributed by atoms with van der Waals surface area (Å²) in [5.41, 5.74) is 0.598. The Kier molecular flexibility index (Phi) is 12.6. The Morgan fingerprint density at radius 1 is 0.933 bits per heavy atom. The molecule has 0 aromatic heterocycles. The summed E-state index contributed by atoms with van der Waals surface area (Å²) in [4.78, 5) is 12.4. The molecule has 0 aliphatic heterocycles. The highest BCUT2D eigenvalue weighted by Crippen LogP contribution is 2.34. The van der Waals surface area contributed by atoms with Gasteiger partial charge in [0.2, 0.25) is 0 Å². The van der Waals surface area contributed by atoms with Gasteiger partial charge in [0, 0.05) is 5.56 Å². The van der Waals surface area contributed by atoms with Crippen molar-refractivity contribution in [1.82, 2.24) is 0 Å². The molecule has 172 valence electrons. The minimum atomic E-state index is -0.601. The Morgan fingerprint density at radius 2 is 1.50 bits per heavy atom. The van der Waals surface area contributed by atoms with Crippen LogP contribution in [0.5, 0.6) is 11.5 Å². The lowest BCUT2D eigenvalue weighted by molar-refractivity contribution is -0.151. The second-order valence-corrected chi connectivity index (χ2v) is 9.26. The van der Waals surface area contributed by atoms with E-state index in [0.29, 0.717) is 18.8 Å². The van der Waals surface area contributed by atoms with E-state index in [-0.39, 0.29) is 17.1 Å². The average Bonchev–Trinajstić information content (AvgIpc) is 2.69. The van der Waals surface area contributed by atoms with Crippen molar-refractivity contribution in [2.75, 3.05) is 6.61 Å². The lowest BCUT2D eigenvalue weighted by Gasteiger charge is -2.23. The fourth-order valence-corrected chi connectivity index (χ4v) is 3.63. The number of carbonyl (C=O) groups excluding carboxylic acids is 1. The summed E-state index contributed by atoms with van der Waals surface area (Å²) in [7, 11) is 0. The Morgan fingerprint density at radius 3 is 2.03 bits per heavy atom. The van der Waals surface area contributed by atoms with Gasteiger partial charge in [0.05, 0.1) is 6.61 Å². The number of carbonyl (C=O) groups is 1. The molecule has 0 saturated carbocycles. The van der Waals surface area contributed by atoms with Crippen molar-refractivity contribution in [2.45, 2.75) is 117 Å². The zero-order valence-corrected chi connectivity index (χ0v) is 20.0. The molecule has 0 aliphatic rings. The van der Waals surface area contributed by atoms with Gasteiger partial charge < -0.3 is 14.6 Å². The molecular formula is C26H44O4. The number of esters is 1. The molecule has 0 spiro atoms. The number of phenolic OH excluding ortho intramolecular Hbond substituents is 1. The lowest BCUT2D eigenvalue weighted by atomic mass is 9.86. The van der Waals surface area contributed by atoms with Gasteiger partial charge in [0.15, 0.2) is 6.10 Å². The van der Waals surface area contributed by atoms with Crippen LogP contribution in [-0.2, 0) is 14.9 Å². The molecule has 30 heavy (non-hydrogen) atoms. The van der Waals surface area contributed by atoms with E-state index < -0.39 is 6.10 Å². The number of phenols is 1. The summed E-state index contributed by atoms with van der Waals surface area (Å²) in [6, 6.07) is 5.19. The molecule has 1 aromatic carbocycles. The van der Waals surface area contributed by atoms with E-state index in [0.717, 1.165) is 18.4 Å². The van der Waals surface area contributed by atoms with Crippen LogP contribution in [-0.4, -0.2) is 23.8 Å². The van der Waals surface area contributed by atoms with Gasteiger partial charge >= 0.3 is 5.97 Å². The van der Waals surface area contributed by atoms with E-state index in [1.54, 1.807) is 12.1 Å². The third-order valence-corrected chi connectivity index (χ3v) is 5.42. The minimum Gasteiger partial charge on any atom is -0.508 e. The Balaban J connectivity index is 2.50. The van der Waals surface area contributed by atoms with Crippen LogP contribution in [0.1, 0.15) is 111 Å². The molecule has 4 heteroatoms. The lowest BCUT2D eigenvalue weighted by Crippen LogP contribution is -2.29. The molecule has 1 atom stereocenters. The molecule has 1 rings (SSSR count). The number of benzene rings is 1. The zero-order chi connectivity index (χ0) is 22.4. The molecule has 0 saturated heterocycles. The third-order valence-electron chi connectivity index (χ3n) is 5.42. The van der Waals surface area contributed by atoms with E-state index in [2.05, 4.69) is 6.92 Å². The predicted molar refractivity (Wildman–Crippen MR) is 124 cm³/mol. The van der Waals surface area contributed by atoms with Crippen molar-refractivity contribution in [1.29, 1.82) is 0 Å². The van der Waals surface area contributed by atoms with Gasteiger partial charge in [-0.25, -0.2) is 4.79 Å². The number of rotatable bonds is 15. The van der Waals surface area contributed by atoms with Crippen molar-refractivity contribution in [3.8, 4) is 11.5 Å². The van der Waals surface area contributed by atoms with Crippen molar-refractivity contribution >= 4 is 5.97 Å². The molecule has 1 aromatic rings. The van der Waals surface area contributed by atoms with E-state index in [1.165, 1.54) is 51.4 Å². The highest BCUT2D eigenvalue weighted by Gasteiger charge is 2.24. The predicted octanol–water partition coefficient (Wildman–Crippen LogP) is 7.31. The maximum Gasteiger partial charge on any atom is 0.347 e. The molecule has 1 N–H and O–H groups in total. The SMILES string of the molecule is CCCCCCCCCCCC[C@@H](Oc1ccc(O)c(C(C)(C)C)c1)C(=O)OCC. The van der Waals surface area contributed by atoms with Crippen LogP contribution >= 0.6 is 0 Å². The largest absolute Gasteiger partial charge is 0.508 e. The molecule has 0 bridgehead atoms. The van der Waals surface area contributed by atoms with Gasteiger partial charge in [-0.1, -0.05) is 85.5 Å². The molecular weight excluding hydrogens is 376 g/mol. The first-order chi connectivity index (χ1) is 14.3. The van der Waals surface area contributed by atoms with Crippen molar-refractivity contribution in [3.63, 3.8) is 0 Å². The minimum absolute atomic E-state index is 0.209. The van der Waals surface area contributed by atoms with Crippen LogP contribution in [0.25, 0.3) is 0 Å². The average molecular weight is 421 g/mol. The molecule has 0 fully saturated rings. The molecule has 0 heterocycles. The van der Waals surface area contributed by atoms with Crippen LogP contribution in [0.4, 0.5) is 0 Å². The summed E-state index contributed by atoms with van der Waals surface area (Å²) >= 11 is 0. The molecule has 0 radical (unpaired) electrons. The fraction of sp³-hybridized carbons (Fsp3) is 0.731. The summed E-state index contributed by atoms with van der Waals surface area (Å²) in [5, 5.41) is 10.2. The van der Waals surface area contributed by atoms with Crippen molar-refractivity contribution in [3.05, 3.63) is 23.8 Å². The van der Waals surface area contributed by atoms with Gasteiger partial charge in [0.1, 0.15) is 11.5 Å². The standard InChI is InChI=1S/C26H44O4/c1-6-8-9-10-11-12-13-14-15-16-17-24(25(28)29-7-2)30-21-18-19-23(27)22(20-21)26(3,4)5/h18-20,24,27H,6-17H2,1-5H3/t24-/m1/s1. The molecule has 0 unspecified atom stereocenters. The van der Waals surface area contributed by atoms with Crippen molar-refractivity contribution in [2.24, 2.45) is 0 Å². The van der Waals surface area contributed by atoms with Crippen LogP contribution < -0.4 is 4.74 Å². The normalized spacial score (nSPS) is 12.6. The number of hydrogen-bond donors (Lipinski definition) is 1. The number of ether oxygens (including phenoxy) is 2. The van der Waals surface area contributed by atoms with Gasteiger partial charge in [-0.05, 0) is 43.4 Å². The highest BCUT2D eigenvalue weighted by atomic mass is 16.6. The number of aromatic hydroxyl groups is 1. The highest BCUT2D eigenvalue weighted by molar-refractivity contribution is 5.75. The summed E-state index contributed by atoms with van der Waals surface area (Å²) in [5.74, 6) is 0.541. The maximum atomic E-state index is 12.4. The fourth-order valence-electron chi connectivity index (χ4n) is 3.63. The topological polar surface area (TPSA) is 55.8 Å². The maximum absolute atomic E-state index is 12.4. The first-order valence-corrected chi connectivity index (χ1v) is 12.0. The Bertz CT molecular complexity index is 604. The van der Waals surface area contributed by atoms with Crippen LogP contribution in [0, 0.1) is 0 Å². The molecule has 4 nitrogen and oxygen atoms in total. The quantitative estimate of drug-likeness (QED) is 0.239. The Hall–Kier alpha value is -1.71. The zero-order valence-electron chi connectivity index (χ0n) is 20.0. The van der Waals surface area contributed by atoms with E-state index in [4.69, 9.17) is 9.47 Å². The van der Waals surface area contributed by atoms with Crippen LogP contribution in [0.15, 0.2) is 18.2 Å². The van der Waals surface area contributed by atoms with E-state index in [9.17, 15) is 9.90 Å². The van der Waals surface area contributed by atoms with Gasteiger partial charge in [0.25, 0.3) is 0 Å². The Labute approximate surface area is 184 Å². The van der Waals surface area contributed by atoms with E-state index in [1.807, 2.05) is 33.8 Å². The van der Waals surface area contributed by atoms with Gasteiger partial charge in [-0.2, -0.15) is 0 Å². The molecule has 0 amide bonds. The second kappa shape index (κ2) is 14.3. The monoisotopic (exact) mass is 420 g/mol.